The third kappa shape index (κ3) is 5.04. The van der Waals surface area contributed by atoms with Gasteiger partial charge in [0.25, 0.3) is 0 Å². The first-order valence-corrected chi connectivity index (χ1v) is 8.11. The minimum atomic E-state index is -0.383. The highest BCUT2D eigenvalue weighted by Gasteiger charge is 2.24. The lowest BCUT2D eigenvalue weighted by Crippen LogP contribution is -2.46. The maximum Gasteiger partial charge on any atom is 0.246 e. The monoisotopic (exact) mass is 354 g/mol. The molecular weight excluding hydrogens is 335 g/mol. The van der Waals surface area contributed by atoms with Crippen LogP contribution in [0.5, 0.6) is 0 Å². The van der Waals surface area contributed by atoms with Crippen molar-refractivity contribution in [3.8, 4) is 0 Å². The Bertz CT molecular complexity index is 604. The van der Waals surface area contributed by atoms with Gasteiger partial charge in [0, 0.05) is 30.2 Å². The quantitative estimate of drug-likeness (QED) is 0.794. The Morgan fingerprint density at radius 2 is 2.29 bits per heavy atom. The van der Waals surface area contributed by atoms with Crippen LogP contribution in [0, 0.1) is 5.82 Å². The van der Waals surface area contributed by atoms with Crippen LogP contribution in [0.15, 0.2) is 30.9 Å². The second-order valence-corrected chi connectivity index (χ2v) is 5.89. The second-order valence-electron chi connectivity index (χ2n) is 5.49. The molecule has 5 nitrogen and oxygen atoms in total. The Kier molecular flexibility index (Phi) is 6.75. The molecule has 1 fully saturated rings. The lowest BCUT2D eigenvalue weighted by atomic mass is 10.1. The topological polar surface area (TPSA) is 58.6 Å². The van der Waals surface area contributed by atoms with Crippen molar-refractivity contribution in [2.75, 3.05) is 26.2 Å². The van der Waals surface area contributed by atoms with Crippen LogP contribution in [0.2, 0.25) is 5.02 Å². The summed E-state index contributed by atoms with van der Waals surface area (Å²) in [4.78, 5) is 25.2. The van der Waals surface area contributed by atoms with Gasteiger partial charge in [-0.25, -0.2) is 4.39 Å². The molecule has 1 aliphatic rings. The summed E-state index contributed by atoms with van der Waals surface area (Å²) in [6, 6.07) is 4.49. The van der Waals surface area contributed by atoms with Crippen LogP contribution in [-0.4, -0.2) is 49.1 Å². The number of halogens is 2. The first-order chi connectivity index (χ1) is 11.5. The van der Waals surface area contributed by atoms with Gasteiger partial charge in [-0.2, -0.15) is 0 Å². The van der Waals surface area contributed by atoms with E-state index in [1.165, 1.54) is 18.2 Å². The summed E-state index contributed by atoms with van der Waals surface area (Å²) in [6.07, 6.45) is 1.36. The molecule has 0 radical (unpaired) electrons. The van der Waals surface area contributed by atoms with E-state index in [4.69, 9.17) is 16.3 Å². The zero-order chi connectivity index (χ0) is 17.5. The smallest absolute Gasteiger partial charge is 0.246 e. The maximum atomic E-state index is 13.6. The molecular formula is C17H20ClFN2O3. The predicted octanol–water partition coefficient (Wildman–Crippen LogP) is 1.94. The van der Waals surface area contributed by atoms with Gasteiger partial charge in [0.15, 0.2) is 0 Å². The van der Waals surface area contributed by atoms with E-state index < -0.39 is 0 Å². The summed E-state index contributed by atoms with van der Waals surface area (Å²) < 4.78 is 19.1. The van der Waals surface area contributed by atoms with Crippen LogP contribution in [0.25, 0.3) is 0 Å². The minimum absolute atomic E-state index is 0.145. The van der Waals surface area contributed by atoms with Crippen LogP contribution in [-0.2, 0) is 20.7 Å². The van der Waals surface area contributed by atoms with E-state index in [1.807, 2.05) is 0 Å². The number of carbonyl (C=O) groups excluding carboxylic acids is 2. The maximum absolute atomic E-state index is 13.6. The number of carbonyl (C=O) groups is 2. The lowest BCUT2D eigenvalue weighted by Gasteiger charge is -2.32. The average Bonchev–Trinajstić information content (AvgIpc) is 2.57. The molecule has 2 rings (SSSR count). The average molecular weight is 355 g/mol. The first kappa shape index (κ1) is 18.4. The molecule has 1 aliphatic heterocycles. The summed E-state index contributed by atoms with van der Waals surface area (Å²) in [7, 11) is 0. The molecule has 1 saturated heterocycles. The van der Waals surface area contributed by atoms with Crippen molar-refractivity contribution in [1.29, 1.82) is 0 Å². The van der Waals surface area contributed by atoms with Gasteiger partial charge in [0.1, 0.15) is 5.82 Å². The van der Waals surface area contributed by atoms with Gasteiger partial charge in [-0.1, -0.05) is 24.2 Å². The number of rotatable bonds is 6. The number of hydrogen-bond acceptors (Lipinski definition) is 3. The highest BCUT2D eigenvalue weighted by molar-refractivity contribution is 6.31. The van der Waals surface area contributed by atoms with E-state index in [1.54, 1.807) is 11.0 Å². The highest BCUT2D eigenvalue weighted by Crippen LogP contribution is 2.19. The van der Waals surface area contributed by atoms with Crippen molar-refractivity contribution in [1.82, 2.24) is 10.2 Å². The molecule has 1 atom stereocenters. The fourth-order valence-electron chi connectivity index (χ4n) is 2.55. The molecule has 24 heavy (non-hydrogen) atoms. The SMILES string of the molecule is C=CC(=O)N1CCO[C@@H](CC(=O)NCCc2c(F)cccc2Cl)C1. The predicted molar refractivity (Wildman–Crippen MR) is 89.3 cm³/mol. The number of hydrogen-bond donors (Lipinski definition) is 1. The van der Waals surface area contributed by atoms with Crippen LogP contribution >= 0.6 is 11.6 Å². The van der Waals surface area contributed by atoms with Crippen molar-refractivity contribution < 1.29 is 18.7 Å². The minimum Gasteiger partial charge on any atom is -0.374 e. The molecule has 1 aromatic rings. The van der Waals surface area contributed by atoms with Gasteiger partial charge in [0.05, 0.1) is 19.1 Å². The van der Waals surface area contributed by atoms with E-state index in [0.29, 0.717) is 36.7 Å². The molecule has 0 spiro atoms. The van der Waals surface area contributed by atoms with E-state index in [9.17, 15) is 14.0 Å². The van der Waals surface area contributed by atoms with E-state index in [0.717, 1.165) is 0 Å². The Hall–Kier alpha value is -1.92. The molecule has 0 aromatic heterocycles. The summed E-state index contributed by atoms with van der Waals surface area (Å²) in [5.74, 6) is -0.760. The number of morpholine rings is 1. The number of benzene rings is 1. The van der Waals surface area contributed by atoms with E-state index in [-0.39, 0.29) is 36.7 Å². The van der Waals surface area contributed by atoms with Crippen LogP contribution in [0.3, 0.4) is 0 Å². The van der Waals surface area contributed by atoms with Gasteiger partial charge in [-0.3, -0.25) is 9.59 Å². The summed E-state index contributed by atoms with van der Waals surface area (Å²) >= 11 is 5.94. The summed E-state index contributed by atoms with van der Waals surface area (Å²) in [6.45, 7) is 4.98. The number of ether oxygens (including phenoxy) is 1. The van der Waals surface area contributed by atoms with Gasteiger partial charge < -0.3 is 15.0 Å². The molecule has 0 saturated carbocycles. The zero-order valence-electron chi connectivity index (χ0n) is 13.3. The molecule has 0 unspecified atom stereocenters. The van der Waals surface area contributed by atoms with Crippen molar-refractivity contribution in [3.63, 3.8) is 0 Å². The fourth-order valence-corrected chi connectivity index (χ4v) is 2.81. The highest BCUT2D eigenvalue weighted by atomic mass is 35.5. The lowest BCUT2D eigenvalue weighted by molar-refractivity contribution is -0.137. The molecule has 7 heteroatoms. The summed E-state index contributed by atoms with van der Waals surface area (Å²) in [5, 5.41) is 3.07. The van der Waals surface area contributed by atoms with Crippen LogP contribution in [0.1, 0.15) is 12.0 Å². The Balaban J connectivity index is 1.77. The molecule has 130 valence electrons. The summed E-state index contributed by atoms with van der Waals surface area (Å²) in [5.41, 5.74) is 0.385. The van der Waals surface area contributed by atoms with Gasteiger partial charge in [0.2, 0.25) is 11.8 Å². The Morgan fingerprint density at radius 1 is 1.50 bits per heavy atom. The Labute approximate surface area is 145 Å². The van der Waals surface area contributed by atoms with Crippen molar-refractivity contribution in [2.45, 2.75) is 18.9 Å². The third-order valence-corrected chi connectivity index (χ3v) is 4.15. The normalized spacial score (nSPS) is 17.4. The van der Waals surface area contributed by atoms with Gasteiger partial charge in [-0.15, -0.1) is 0 Å². The molecule has 2 amide bonds. The van der Waals surface area contributed by atoms with Crippen molar-refractivity contribution in [2.24, 2.45) is 0 Å². The Morgan fingerprint density at radius 3 is 3.00 bits per heavy atom. The van der Waals surface area contributed by atoms with Crippen LogP contribution < -0.4 is 5.32 Å². The van der Waals surface area contributed by atoms with E-state index >= 15 is 0 Å². The van der Waals surface area contributed by atoms with E-state index in [2.05, 4.69) is 11.9 Å². The fraction of sp³-hybridized carbons (Fsp3) is 0.412. The van der Waals surface area contributed by atoms with Crippen LogP contribution in [0.4, 0.5) is 4.39 Å². The molecule has 0 bridgehead atoms. The molecule has 1 heterocycles. The number of nitrogens with zero attached hydrogens (tertiary/aromatic N) is 1. The molecule has 1 N–H and O–H groups in total. The molecule has 1 aromatic carbocycles. The van der Waals surface area contributed by atoms with Crippen molar-refractivity contribution in [3.05, 3.63) is 47.3 Å². The van der Waals surface area contributed by atoms with Gasteiger partial charge >= 0.3 is 0 Å². The second kappa shape index (κ2) is 8.80. The molecule has 0 aliphatic carbocycles. The number of amides is 2. The first-order valence-electron chi connectivity index (χ1n) is 7.73. The van der Waals surface area contributed by atoms with Gasteiger partial charge in [-0.05, 0) is 24.6 Å². The zero-order valence-corrected chi connectivity index (χ0v) is 14.0. The number of nitrogens with one attached hydrogen (secondary N) is 1. The van der Waals surface area contributed by atoms with Crippen molar-refractivity contribution >= 4 is 23.4 Å². The standard InChI is InChI=1S/C17H20ClFN2O3/c1-2-17(23)21-8-9-24-12(11-21)10-16(22)20-7-6-13-14(18)4-3-5-15(13)19/h2-5,12H,1,6-11H2,(H,20,22)/t12-/m0/s1. The third-order valence-electron chi connectivity index (χ3n) is 3.80. The largest absolute Gasteiger partial charge is 0.374 e.